The van der Waals surface area contributed by atoms with Crippen molar-refractivity contribution >= 4 is 17.3 Å². The maximum absolute atomic E-state index is 12.4. The highest BCUT2D eigenvalue weighted by atomic mass is 16.3. The van der Waals surface area contributed by atoms with E-state index in [1.807, 2.05) is 55.5 Å². The standard InChI is InChI=1S/C17H14N2O2/c1-11-6-8-12(9-7-11)17-10-15(20)16(21)19(17)14-5-3-2-4-13(14)18-17/h2-10,18,20H,1H3. The number of carbonyl (C=O) groups excluding carboxylic acids is 1. The molecule has 0 bridgehead atoms. The number of anilines is 2. The average Bonchev–Trinajstić information content (AvgIpc) is 2.93. The van der Waals surface area contributed by atoms with Gasteiger partial charge < -0.3 is 10.4 Å². The van der Waals surface area contributed by atoms with Crippen molar-refractivity contribution in [2.75, 3.05) is 10.2 Å². The molecule has 2 aliphatic rings. The summed E-state index contributed by atoms with van der Waals surface area (Å²) in [6.07, 6.45) is 1.58. The minimum absolute atomic E-state index is 0.224. The van der Waals surface area contributed by atoms with Crippen LogP contribution in [0.4, 0.5) is 11.4 Å². The molecule has 4 heteroatoms. The number of aryl methyl sites for hydroxylation is 1. The van der Waals surface area contributed by atoms with Gasteiger partial charge in [-0.2, -0.15) is 0 Å². The SMILES string of the molecule is Cc1ccc(C23C=C(O)C(=O)N2c2ccccc2N3)cc1. The van der Waals surface area contributed by atoms with Crippen molar-refractivity contribution in [1.29, 1.82) is 0 Å². The molecule has 0 saturated carbocycles. The molecule has 4 rings (SSSR count). The van der Waals surface area contributed by atoms with Crippen LogP contribution in [0.2, 0.25) is 0 Å². The van der Waals surface area contributed by atoms with Crippen molar-refractivity contribution in [2.24, 2.45) is 0 Å². The second-order valence-electron chi connectivity index (χ2n) is 5.44. The Balaban J connectivity index is 1.94. The number of nitrogens with one attached hydrogen (secondary N) is 1. The molecule has 2 heterocycles. The Morgan fingerprint density at radius 3 is 2.57 bits per heavy atom. The number of aliphatic hydroxyl groups excluding tert-OH is 1. The van der Waals surface area contributed by atoms with Crippen LogP contribution in [0.1, 0.15) is 11.1 Å². The van der Waals surface area contributed by atoms with Gasteiger partial charge in [0.2, 0.25) is 0 Å². The molecule has 0 fully saturated rings. The first-order chi connectivity index (χ1) is 10.1. The van der Waals surface area contributed by atoms with Gasteiger partial charge in [-0.05, 0) is 19.1 Å². The zero-order valence-electron chi connectivity index (χ0n) is 11.5. The van der Waals surface area contributed by atoms with Gasteiger partial charge in [0, 0.05) is 11.6 Å². The highest BCUT2D eigenvalue weighted by Crippen LogP contribution is 2.49. The predicted molar refractivity (Wildman–Crippen MR) is 81.1 cm³/mol. The van der Waals surface area contributed by atoms with Crippen molar-refractivity contribution in [2.45, 2.75) is 12.6 Å². The number of para-hydroxylation sites is 2. The maximum Gasteiger partial charge on any atom is 0.295 e. The van der Waals surface area contributed by atoms with E-state index in [4.69, 9.17) is 0 Å². The molecule has 0 aromatic heterocycles. The predicted octanol–water partition coefficient (Wildman–Crippen LogP) is 3.06. The second-order valence-corrected chi connectivity index (χ2v) is 5.44. The fourth-order valence-electron chi connectivity index (χ4n) is 3.06. The summed E-state index contributed by atoms with van der Waals surface area (Å²) in [5.74, 6) is -0.606. The summed E-state index contributed by atoms with van der Waals surface area (Å²) >= 11 is 0. The van der Waals surface area contributed by atoms with Crippen molar-refractivity contribution < 1.29 is 9.90 Å². The average molecular weight is 278 g/mol. The van der Waals surface area contributed by atoms with E-state index in [1.165, 1.54) is 0 Å². The Morgan fingerprint density at radius 1 is 1.10 bits per heavy atom. The number of aliphatic hydroxyl groups is 1. The number of hydrogen-bond donors (Lipinski definition) is 2. The van der Waals surface area contributed by atoms with Crippen LogP contribution in [0.25, 0.3) is 0 Å². The van der Waals surface area contributed by atoms with Gasteiger partial charge in [0.25, 0.3) is 5.91 Å². The lowest BCUT2D eigenvalue weighted by Crippen LogP contribution is -2.45. The summed E-state index contributed by atoms with van der Waals surface area (Å²) < 4.78 is 0. The lowest BCUT2D eigenvalue weighted by Gasteiger charge is -2.31. The first kappa shape index (κ1) is 12.0. The van der Waals surface area contributed by atoms with E-state index < -0.39 is 5.66 Å². The molecule has 2 aromatic carbocycles. The van der Waals surface area contributed by atoms with Crippen LogP contribution in [0, 0.1) is 6.92 Å². The molecule has 0 aliphatic carbocycles. The van der Waals surface area contributed by atoms with Crippen LogP contribution < -0.4 is 10.2 Å². The third-order valence-corrected chi connectivity index (χ3v) is 4.08. The largest absolute Gasteiger partial charge is 0.503 e. The maximum atomic E-state index is 12.4. The van der Waals surface area contributed by atoms with Gasteiger partial charge >= 0.3 is 0 Å². The van der Waals surface area contributed by atoms with E-state index in [0.717, 1.165) is 22.5 Å². The second kappa shape index (κ2) is 3.88. The van der Waals surface area contributed by atoms with Crippen molar-refractivity contribution in [3.8, 4) is 0 Å². The molecule has 0 saturated heterocycles. The zero-order chi connectivity index (χ0) is 14.6. The molecular weight excluding hydrogens is 264 g/mol. The monoisotopic (exact) mass is 278 g/mol. The molecule has 2 aliphatic heterocycles. The van der Waals surface area contributed by atoms with Gasteiger partial charge in [0.15, 0.2) is 11.4 Å². The molecule has 104 valence electrons. The zero-order valence-corrected chi connectivity index (χ0v) is 11.5. The number of hydrogen-bond acceptors (Lipinski definition) is 3. The Hall–Kier alpha value is -2.75. The highest BCUT2D eigenvalue weighted by molar-refractivity contribution is 6.13. The highest BCUT2D eigenvalue weighted by Gasteiger charge is 2.52. The van der Waals surface area contributed by atoms with Gasteiger partial charge in [0.1, 0.15) is 0 Å². The molecule has 1 unspecified atom stereocenters. The van der Waals surface area contributed by atoms with Gasteiger partial charge in [-0.3, -0.25) is 9.69 Å². The smallest absolute Gasteiger partial charge is 0.295 e. The topological polar surface area (TPSA) is 52.6 Å². The van der Waals surface area contributed by atoms with Crippen molar-refractivity contribution in [1.82, 2.24) is 0 Å². The third kappa shape index (κ3) is 1.47. The Morgan fingerprint density at radius 2 is 1.81 bits per heavy atom. The number of nitrogens with zero attached hydrogens (tertiary/aromatic N) is 1. The van der Waals surface area contributed by atoms with E-state index in [2.05, 4.69) is 5.32 Å². The lowest BCUT2D eigenvalue weighted by atomic mass is 9.99. The summed E-state index contributed by atoms with van der Waals surface area (Å²) in [4.78, 5) is 14.0. The number of rotatable bonds is 1. The van der Waals surface area contributed by atoms with Crippen LogP contribution in [-0.4, -0.2) is 11.0 Å². The van der Waals surface area contributed by atoms with E-state index in [9.17, 15) is 9.90 Å². The summed E-state index contributed by atoms with van der Waals surface area (Å²) in [6.45, 7) is 2.02. The third-order valence-electron chi connectivity index (χ3n) is 4.08. The fraction of sp³-hybridized carbons (Fsp3) is 0.118. The summed E-state index contributed by atoms with van der Waals surface area (Å²) in [5, 5.41) is 13.3. The number of fused-ring (bicyclic) bond motifs is 3. The van der Waals surface area contributed by atoms with Crippen molar-refractivity contribution in [3.63, 3.8) is 0 Å². The van der Waals surface area contributed by atoms with Gasteiger partial charge in [0.05, 0.1) is 11.4 Å². The molecule has 1 amide bonds. The summed E-state index contributed by atoms with van der Waals surface area (Å²) in [7, 11) is 0. The van der Waals surface area contributed by atoms with Crippen LogP contribution in [-0.2, 0) is 10.5 Å². The first-order valence-corrected chi connectivity index (χ1v) is 6.82. The Kier molecular flexibility index (Phi) is 2.22. The van der Waals surface area contributed by atoms with E-state index >= 15 is 0 Å². The van der Waals surface area contributed by atoms with Crippen LogP contribution in [0.15, 0.2) is 60.4 Å². The van der Waals surface area contributed by atoms with Crippen LogP contribution in [0.3, 0.4) is 0 Å². The van der Waals surface area contributed by atoms with Gasteiger partial charge in [-0.15, -0.1) is 0 Å². The number of carbonyl (C=O) groups is 1. The molecule has 4 nitrogen and oxygen atoms in total. The molecular formula is C17H14N2O2. The van der Waals surface area contributed by atoms with Gasteiger partial charge in [-0.1, -0.05) is 42.0 Å². The molecule has 1 atom stereocenters. The number of benzene rings is 2. The Bertz CT molecular complexity index is 780. The van der Waals surface area contributed by atoms with Crippen LogP contribution in [0.5, 0.6) is 0 Å². The Labute approximate surface area is 122 Å². The molecule has 2 aromatic rings. The first-order valence-electron chi connectivity index (χ1n) is 6.82. The van der Waals surface area contributed by atoms with E-state index in [0.29, 0.717) is 0 Å². The summed E-state index contributed by atoms with van der Waals surface area (Å²) in [6, 6.07) is 15.6. The fourth-order valence-corrected chi connectivity index (χ4v) is 3.06. The van der Waals surface area contributed by atoms with E-state index in [1.54, 1.807) is 11.0 Å². The minimum Gasteiger partial charge on any atom is -0.503 e. The minimum atomic E-state index is -0.835. The lowest BCUT2D eigenvalue weighted by molar-refractivity contribution is -0.117. The molecule has 21 heavy (non-hydrogen) atoms. The molecule has 0 radical (unpaired) electrons. The van der Waals surface area contributed by atoms with Gasteiger partial charge in [-0.25, -0.2) is 0 Å². The van der Waals surface area contributed by atoms with E-state index in [-0.39, 0.29) is 11.7 Å². The number of amides is 1. The normalized spacial score (nSPS) is 22.6. The molecule has 2 N–H and O–H groups in total. The molecule has 0 spiro atoms. The van der Waals surface area contributed by atoms with Crippen LogP contribution >= 0.6 is 0 Å². The summed E-state index contributed by atoms with van der Waals surface area (Å²) in [5.41, 5.74) is 2.90. The van der Waals surface area contributed by atoms with Crippen molar-refractivity contribution in [3.05, 3.63) is 71.5 Å². The quantitative estimate of drug-likeness (QED) is 0.843.